The van der Waals surface area contributed by atoms with Crippen LogP contribution in [0.15, 0.2) is 36.7 Å². The summed E-state index contributed by atoms with van der Waals surface area (Å²) in [6.45, 7) is 7.07. The quantitative estimate of drug-likeness (QED) is 0.828. The Morgan fingerprint density at radius 2 is 2.00 bits per heavy atom. The smallest absolute Gasteiger partial charge is 0.140 e. The summed E-state index contributed by atoms with van der Waals surface area (Å²) < 4.78 is 1.99. The van der Waals surface area contributed by atoms with Crippen molar-refractivity contribution in [1.82, 2.24) is 20.1 Å². The molecular weight excluding hydrogens is 236 g/mol. The lowest BCUT2D eigenvalue weighted by Crippen LogP contribution is -2.22. The maximum Gasteiger partial charge on any atom is 0.140 e. The van der Waals surface area contributed by atoms with Crippen LogP contribution in [0.4, 0.5) is 0 Å². The Hall–Kier alpha value is -1.68. The minimum Gasteiger partial charge on any atom is -0.310 e. The second-order valence-corrected chi connectivity index (χ2v) is 5.16. The zero-order valence-corrected chi connectivity index (χ0v) is 11.7. The Labute approximate surface area is 114 Å². The Morgan fingerprint density at radius 1 is 1.21 bits per heavy atom. The lowest BCUT2D eigenvalue weighted by molar-refractivity contribution is 0.511. The molecule has 2 rings (SSSR count). The van der Waals surface area contributed by atoms with E-state index in [0.717, 1.165) is 31.9 Å². The van der Waals surface area contributed by atoms with Gasteiger partial charge < -0.3 is 5.32 Å². The molecule has 0 bridgehead atoms. The summed E-state index contributed by atoms with van der Waals surface area (Å²) in [5.74, 6) is 1.66. The van der Waals surface area contributed by atoms with Crippen molar-refractivity contribution in [2.75, 3.05) is 6.54 Å². The normalized spacial score (nSPS) is 11.1. The average Bonchev–Trinajstić information content (AvgIpc) is 2.85. The molecule has 1 aromatic carbocycles. The highest BCUT2D eigenvalue weighted by molar-refractivity contribution is 5.14. The summed E-state index contributed by atoms with van der Waals surface area (Å²) in [4.78, 5) is 4.31. The highest BCUT2D eigenvalue weighted by atomic mass is 15.3. The minimum atomic E-state index is 0.653. The Balaban J connectivity index is 1.85. The van der Waals surface area contributed by atoms with Crippen molar-refractivity contribution < 1.29 is 0 Å². The number of rotatable bonds is 7. The van der Waals surface area contributed by atoms with E-state index in [9.17, 15) is 0 Å². The second kappa shape index (κ2) is 7.04. The van der Waals surface area contributed by atoms with Crippen LogP contribution >= 0.6 is 0 Å². The zero-order valence-electron chi connectivity index (χ0n) is 11.7. The van der Waals surface area contributed by atoms with Crippen LogP contribution < -0.4 is 5.32 Å². The van der Waals surface area contributed by atoms with E-state index in [0.29, 0.717) is 5.92 Å². The Kier molecular flexibility index (Phi) is 5.10. The molecule has 0 saturated carbocycles. The van der Waals surface area contributed by atoms with Gasteiger partial charge in [-0.15, -0.1) is 0 Å². The number of nitrogens with one attached hydrogen (secondary N) is 1. The summed E-state index contributed by atoms with van der Waals surface area (Å²) >= 11 is 0. The maximum absolute atomic E-state index is 4.31. The molecule has 4 nitrogen and oxygen atoms in total. The van der Waals surface area contributed by atoms with Gasteiger partial charge in [0.2, 0.25) is 0 Å². The predicted octanol–water partition coefficient (Wildman–Crippen LogP) is 2.27. The summed E-state index contributed by atoms with van der Waals surface area (Å²) in [6, 6.07) is 10.5. The van der Waals surface area contributed by atoms with Crippen LogP contribution in [0.25, 0.3) is 0 Å². The standard InChI is InChI=1S/C15H22N4/c1-13(2)10-16-11-15-17-12-18-19(15)9-8-14-6-4-3-5-7-14/h3-7,12-13,16H,8-11H2,1-2H3. The first-order valence-electron chi connectivity index (χ1n) is 6.87. The van der Waals surface area contributed by atoms with Gasteiger partial charge in [0.1, 0.15) is 12.2 Å². The molecule has 0 spiro atoms. The lowest BCUT2D eigenvalue weighted by atomic mass is 10.1. The van der Waals surface area contributed by atoms with Gasteiger partial charge in [0, 0.05) is 6.54 Å². The third-order valence-electron chi connectivity index (χ3n) is 2.99. The Morgan fingerprint density at radius 3 is 2.74 bits per heavy atom. The zero-order chi connectivity index (χ0) is 13.5. The fourth-order valence-corrected chi connectivity index (χ4v) is 1.96. The highest BCUT2D eigenvalue weighted by Gasteiger charge is 2.04. The van der Waals surface area contributed by atoms with Crippen LogP contribution in [0.2, 0.25) is 0 Å². The molecule has 0 radical (unpaired) electrons. The van der Waals surface area contributed by atoms with Crippen LogP contribution in [-0.2, 0) is 19.5 Å². The molecule has 0 atom stereocenters. The number of hydrogen-bond donors (Lipinski definition) is 1. The monoisotopic (exact) mass is 258 g/mol. The average molecular weight is 258 g/mol. The van der Waals surface area contributed by atoms with Gasteiger partial charge in [0.05, 0.1) is 6.54 Å². The van der Waals surface area contributed by atoms with Crippen LogP contribution in [0.5, 0.6) is 0 Å². The van der Waals surface area contributed by atoms with Crippen molar-refractivity contribution in [3.05, 3.63) is 48.0 Å². The molecule has 0 aliphatic heterocycles. The van der Waals surface area contributed by atoms with Crippen molar-refractivity contribution in [3.63, 3.8) is 0 Å². The molecule has 1 heterocycles. The van der Waals surface area contributed by atoms with E-state index in [1.54, 1.807) is 6.33 Å². The number of aromatic nitrogens is 3. The summed E-state index contributed by atoms with van der Waals surface area (Å²) in [5.41, 5.74) is 1.33. The van der Waals surface area contributed by atoms with Crippen LogP contribution in [0, 0.1) is 5.92 Å². The molecule has 0 unspecified atom stereocenters. The SMILES string of the molecule is CC(C)CNCc1ncnn1CCc1ccccc1. The molecule has 0 amide bonds. The fraction of sp³-hybridized carbons (Fsp3) is 0.467. The molecule has 1 aromatic heterocycles. The van der Waals surface area contributed by atoms with Crippen molar-refractivity contribution in [2.24, 2.45) is 5.92 Å². The predicted molar refractivity (Wildman–Crippen MR) is 76.7 cm³/mol. The first-order valence-corrected chi connectivity index (χ1v) is 6.87. The number of nitrogens with zero attached hydrogens (tertiary/aromatic N) is 3. The van der Waals surface area contributed by atoms with E-state index in [1.165, 1.54) is 5.56 Å². The van der Waals surface area contributed by atoms with Gasteiger partial charge >= 0.3 is 0 Å². The van der Waals surface area contributed by atoms with Crippen molar-refractivity contribution >= 4 is 0 Å². The molecule has 0 fully saturated rings. The van der Waals surface area contributed by atoms with E-state index >= 15 is 0 Å². The number of hydrogen-bond acceptors (Lipinski definition) is 3. The topological polar surface area (TPSA) is 42.7 Å². The summed E-state index contributed by atoms with van der Waals surface area (Å²) in [7, 11) is 0. The van der Waals surface area contributed by atoms with Gasteiger partial charge in [-0.05, 0) is 24.4 Å². The number of benzene rings is 1. The Bertz CT molecular complexity index is 476. The van der Waals surface area contributed by atoms with Crippen molar-refractivity contribution in [1.29, 1.82) is 0 Å². The minimum absolute atomic E-state index is 0.653. The van der Waals surface area contributed by atoms with Gasteiger partial charge in [0.15, 0.2) is 0 Å². The molecule has 2 aromatic rings. The van der Waals surface area contributed by atoms with E-state index in [4.69, 9.17) is 0 Å². The van der Waals surface area contributed by atoms with E-state index in [-0.39, 0.29) is 0 Å². The van der Waals surface area contributed by atoms with Crippen LogP contribution in [-0.4, -0.2) is 21.3 Å². The highest BCUT2D eigenvalue weighted by Crippen LogP contribution is 2.03. The van der Waals surface area contributed by atoms with Gasteiger partial charge in [0.25, 0.3) is 0 Å². The van der Waals surface area contributed by atoms with E-state index in [2.05, 4.69) is 53.5 Å². The van der Waals surface area contributed by atoms with Crippen molar-refractivity contribution in [2.45, 2.75) is 33.4 Å². The third kappa shape index (κ3) is 4.48. The van der Waals surface area contributed by atoms with Crippen LogP contribution in [0.1, 0.15) is 25.2 Å². The first-order chi connectivity index (χ1) is 9.25. The van der Waals surface area contributed by atoms with E-state index in [1.807, 2.05) is 10.7 Å². The van der Waals surface area contributed by atoms with Gasteiger partial charge in [-0.3, -0.25) is 0 Å². The summed E-state index contributed by atoms with van der Waals surface area (Å²) in [5, 5.41) is 7.70. The maximum atomic E-state index is 4.31. The van der Waals surface area contributed by atoms with Gasteiger partial charge in [-0.2, -0.15) is 5.10 Å². The molecule has 102 valence electrons. The molecule has 19 heavy (non-hydrogen) atoms. The molecule has 1 N–H and O–H groups in total. The van der Waals surface area contributed by atoms with E-state index < -0.39 is 0 Å². The first kappa shape index (κ1) is 13.7. The number of aryl methyl sites for hydroxylation is 2. The second-order valence-electron chi connectivity index (χ2n) is 5.16. The third-order valence-corrected chi connectivity index (χ3v) is 2.99. The van der Waals surface area contributed by atoms with Crippen LogP contribution in [0.3, 0.4) is 0 Å². The molecule has 0 saturated heterocycles. The fourth-order valence-electron chi connectivity index (χ4n) is 1.96. The van der Waals surface area contributed by atoms with Crippen molar-refractivity contribution in [3.8, 4) is 0 Å². The summed E-state index contributed by atoms with van der Waals surface area (Å²) in [6.07, 6.45) is 2.62. The molecule has 0 aliphatic rings. The lowest BCUT2D eigenvalue weighted by Gasteiger charge is -2.09. The largest absolute Gasteiger partial charge is 0.310 e. The molecule has 4 heteroatoms. The van der Waals surface area contributed by atoms with Gasteiger partial charge in [-0.25, -0.2) is 9.67 Å². The molecular formula is C15H22N4. The van der Waals surface area contributed by atoms with Gasteiger partial charge in [-0.1, -0.05) is 44.2 Å². The molecule has 0 aliphatic carbocycles.